The van der Waals surface area contributed by atoms with Crippen LogP contribution in [0.15, 0.2) is 24.3 Å². The minimum atomic E-state index is 0.652. The highest BCUT2D eigenvalue weighted by Gasteiger charge is 2.26. The Balaban J connectivity index is 2.20. The standard InChI is InChI=1S/C18H29NO/c1-3-19-14-15-10-6-5-7-11-16(15)17-12-8-9-13-18(17)20-4-2/h8-9,12-13,15-16,19H,3-7,10-11,14H2,1-2H3. The van der Waals surface area contributed by atoms with Crippen LogP contribution < -0.4 is 10.1 Å². The van der Waals surface area contributed by atoms with Crippen LogP contribution >= 0.6 is 0 Å². The van der Waals surface area contributed by atoms with Crippen LogP contribution in [0, 0.1) is 5.92 Å². The molecule has 1 aromatic carbocycles. The number of benzene rings is 1. The zero-order chi connectivity index (χ0) is 14.2. The van der Waals surface area contributed by atoms with Crippen LogP contribution in [0.1, 0.15) is 57.4 Å². The molecule has 0 aromatic heterocycles. The van der Waals surface area contributed by atoms with Crippen LogP contribution in [0.5, 0.6) is 5.75 Å². The Morgan fingerprint density at radius 2 is 1.90 bits per heavy atom. The molecule has 112 valence electrons. The molecule has 2 unspecified atom stereocenters. The van der Waals surface area contributed by atoms with Gasteiger partial charge in [0, 0.05) is 0 Å². The molecule has 1 N–H and O–H groups in total. The van der Waals surface area contributed by atoms with Crippen LogP contribution in [0.3, 0.4) is 0 Å². The van der Waals surface area contributed by atoms with Gasteiger partial charge in [0.25, 0.3) is 0 Å². The van der Waals surface area contributed by atoms with Gasteiger partial charge < -0.3 is 10.1 Å². The molecule has 2 atom stereocenters. The Morgan fingerprint density at radius 3 is 2.70 bits per heavy atom. The van der Waals surface area contributed by atoms with Gasteiger partial charge in [-0.1, -0.05) is 44.4 Å². The van der Waals surface area contributed by atoms with Gasteiger partial charge in [-0.25, -0.2) is 0 Å². The smallest absolute Gasteiger partial charge is 0.122 e. The summed E-state index contributed by atoms with van der Waals surface area (Å²) < 4.78 is 5.86. The molecular formula is C18H29NO. The van der Waals surface area contributed by atoms with Gasteiger partial charge in [0.1, 0.15) is 5.75 Å². The van der Waals surface area contributed by atoms with E-state index in [1.165, 1.54) is 37.7 Å². The molecule has 0 heterocycles. The fraction of sp³-hybridized carbons (Fsp3) is 0.667. The summed E-state index contributed by atoms with van der Waals surface area (Å²) in [7, 11) is 0. The third kappa shape index (κ3) is 3.99. The second-order valence-electron chi connectivity index (χ2n) is 5.78. The summed E-state index contributed by atoms with van der Waals surface area (Å²) in [6.07, 6.45) is 6.77. The van der Waals surface area contributed by atoms with Gasteiger partial charge in [-0.05, 0) is 56.3 Å². The zero-order valence-corrected chi connectivity index (χ0v) is 13.0. The lowest BCUT2D eigenvalue weighted by atomic mass is 9.82. The van der Waals surface area contributed by atoms with E-state index in [1.54, 1.807) is 0 Å². The van der Waals surface area contributed by atoms with Crippen molar-refractivity contribution in [3.05, 3.63) is 29.8 Å². The Bertz CT molecular complexity index is 391. The molecule has 0 amide bonds. The molecule has 1 aliphatic carbocycles. The van der Waals surface area contributed by atoms with Gasteiger partial charge >= 0.3 is 0 Å². The predicted molar refractivity (Wildman–Crippen MR) is 85.5 cm³/mol. The van der Waals surface area contributed by atoms with Crippen LogP contribution in [0.4, 0.5) is 0 Å². The van der Waals surface area contributed by atoms with Crippen molar-refractivity contribution in [1.29, 1.82) is 0 Å². The maximum absolute atomic E-state index is 5.86. The number of ether oxygens (including phenoxy) is 1. The highest BCUT2D eigenvalue weighted by molar-refractivity contribution is 5.37. The molecule has 0 spiro atoms. The minimum absolute atomic E-state index is 0.652. The summed E-state index contributed by atoms with van der Waals surface area (Å²) in [5.74, 6) is 2.50. The van der Waals surface area contributed by atoms with Crippen molar-refractivity contribution in [1.82, 2.24) is 5.32 Å². The second kappa shape index (κ2) is 8.31. The fourth-order valence-corrected chi connectivity index (χ4v) is 3.44. The highest BCUT2D eigenvalue weighted by Crippen LogP contribution is 2.40. The lowest BCUT2D eigenvalue weighted by molar-refractivity contribution is 0.319. The van der Waals surface area contributed by atoms with Gasteiger partial charge in [-0.15, -0.1) is 0 Å². The van der Waals surface area contributed by atoms with E-state index in [9.17, 15) is 0 Å². The van der Waals surface area contributed by atoms with Crippen LogP contribution in [-0.2, 0) is 0 Å². The monoisotopic (exact) mass is 275 g/mol. The lowest BCUT2D eigenvalue weighted by Gasteiger charge is -2.27. The van der Waals surface area contributed by atoms with E-state index in [-0.39, 0.29) is 0 Å². The first-order valence-electron chi connectivity index (χ1n) is 8.29. The van der Waals surface area contributed by atoms with E-state index in [4.69, 9.17) is 4.74 Å². The topological polar surface area (TPSA) is 21.3 Å². The first-order valence-corrected chi connectivity index (χ1v) is 8.29. The van der Waals surface area contributed by atoms with Crippen molar-refractivity contribution >= 4 is 0 Å². The predicted octanol–water partition coefficient (Wildman–Crippen LogP) is 4.36. The number of hydrogen-bond acceptors (Lipinski definition) is 2. The molecular weight excluding hydrogens is 246 g/mol. The number of rotatable bonds is 6. The van der Waals surface area contributed by atoms with E-state index in [1.807, 2.05) is 0 Å². The Morgan fingerprint density at radius 1 is 1.10 bits per heavy atom. The van der Waals surface area contributed by atoms with Crippen molar-refractivity contribution in [2.75, 3.05) is 19.7 Å². The van der Waals surface area contributed by atoms with Crippen molar-refractivity contribution in [3.63, 3.8) is 0 Å². The van der Waals surface area contributed by atoms with Crippen LogP contribution in [0.25, 0.3) is 0 Å². The first-order chi connectivity index (χ1) is 9.86. The molecule has 1 aliphatic rings. The molecule has 0 radical (unpaired) electrons. The normalized spacial score (nSPS) is 23.3. The molecule has 0 aliphatic heterocycles. The zero-order valence-electron chi connectivity index (χ0n) is 13.0. The van der Waals surface area contributed by atoms with Crippen molar-refractivity contribution < 1.29 is 4.74 Å². The summed E-state index contributed by atoms with van der Waals surface area (Å²) in [5, 5.41) is 3.56. The molecule has 1 saturated carbocycles. The average Bonchev–Trinajstić information content (AvgIpc) is 2.71. The SMILES string of the molecule is CCNCC1CCCCCC1c1ccccc1OCC. The minimum Gasteiger partial charge on any atom is -0.494 e. The molecule has 2 heteroatoms. The lowest BCUT2D eigenvalue weighted by Crippen LogP contribution is -2.27. The van der Waals surface area contributed by atoms with E-state index in [2.05, 4.69) is 43.4 Å². The van der Waals surface area contributed by atoms with Gasteiger partial charge in [0.2, 0.25) is 0 Å². The Labute approximate surface area is 123 Å². The van der Waals surface area contributed by atoms with Gasteiger partial charge in [0.15, 0.2) is 0 Å². The Hall–Kier alpha value is -1.02. The third-order valence-corrected chi connectivity index (χ3v) is 4.43. The average molecular weight is 275 g/mol. The quantitative estimate of drug-likeness (QED) is 0.779. The molecule has 1 fully saturated rings. The highest BCUT2D eigenvalue weighted by atomic mass is 16.5. The van der Waals surface area contributed by atoms with Crippen LogP contribution in [-0.4, -0.2) is 19.7 Å². The second-order valence-corrected chi connectivity index (χ2v) is 5.78. The van der Waals surface area contributed by atoms with Crippen molar-refractivity contribution in [2.45, 2.75) is 51.9 Å². The van der Waals surface area contributed by atoms with E-state index in [0.717, 1.165) is 31.4 Å². The third-order valence-electron chi connectivity index (χ3n) is 4.43. The van der Waals surface area contributed by atoms with E-state index in [0.29, 0.717) is 5.92 Å². The summed E-state index contributed by atoms with van der Waals surface area (Å²) in [6.45, 7) is 7.22. The van der Waals surface area contributed by atoms with Gasteiger partial charge in [0.05, 0.1) is 6.61 Å². The number of para-hydroxylation sites is 1. The molecule has 1 aromatic rings. The van der Waals surface area contributed by atoms with E-state index >= 15 is 0 Å². The molecule has 0 saturated heterocycles. The summed E-state index contributed by atoms with van der Waals surface area (Å²) in [6, 6.07) is 8.66. The molecule has 2 rings (SSSR count). The summed E-state index contributed by atoms with van der Waals surface area (Å²) in [4.78, 5) is 0. The Kier molecular flexibility index (Phi) is 6.38. The number of hydrogen-bond donors (Lipinski definition) is 1. The maximum Gasteiger partial charge on any atom is 0.122 e. The molecule has 2 nitrogen and oxygen atoms in total. The van der Waals surface area contributed by atoms with Crippen LogP contribution in [0.2, 0.25) is 0 Å². The van der Waals surface area contributed by atoms with Gasteiger partial charge in [-0.3, -0.25) is 0 Å². The summed E-state index contributed by atoms with van der Waals surface area (Å²) >= 11 is 0. The first kappa shape index (κ1) is 15.4. The van der Waals surface area contributed by atoms with E-state index < -0.39 is 0 Å². The van der Waals surface area contributed by atoms with Crippen molar-refractivity contribution in [3.8, 4) is 5.75 Å². The fourth-order valence-electron chi connectivity index (χ4n) is 3.44. The number of nitrogens with one attached hydrogen (secondary N) is 1. The summed E-state index contributed by atoms with van der Waals surface area (Å²) in [5.41, 5.74) is 1.43. The molecule has 20 heavy (non-hydrogen) atoms. The largest absolute Gasteiger partial charge is 0.494 e. The maximum atomic E-state index is 5.86. The molecule has 0 bridgehead atoms. The van der Waals surface area contributed by atoms with Crippen molar-refractivity contribution in [2.24, 2.45) is 5.92 Å². The van der Waals surface area contributed by atoms with Gasteiger partial charge in [-0.2, -0.15) is 0 Å².